The minimum absolute atomic E-state index is 0.180. The first kappa shape index (κ1) is 14.7. The molecule has 15 heavy (non-hydrogen) atoms. The van der Waals surface area contributed by atoms with Gasteiger partial charge in [-0.1, -0.05) is 52.7 Å². The molecule has 0 saturated carbocycles. The van der Waals surface area contributed by atoms with Crippen LogP contribution in [0.5, 0.6) is 0 Å². The zero-order valence-electron chi connectivity index (χ0n) is 10.9. The largest absolute Gasteiger partial charge is 0.392 e. The summed E-state index contributed by atoms with van der Waals surface area (Å²) < 4.78 is 0. The second kappa shape index (κ2) is 8.96. The Labute approximate surface area is 95.6 Å². The first-order chi connectivity index (χ1) is 7.06. The molecule has 1 N–H and O–H groups in total. The van der Waals surface area contributed by atoms with Crippen LogP contribution in [-0.2, 0) is 0 Å². The van der Waals surface area contributed by atoms with Crippen LogP contribution in [0.15, 0.2) is 12.2 Å². The van der Waals surface area contributed by atoms with Crippen LogP contribution in [0, 0.1) is 17.8 Å². The molecule has 0 bridgehead atoms. The molecule has 0 aromatic heterocycles. The van der Waals surface area contributed by atoms with Crippen molar-refractivity contribution in [2.45, 2.75) is 53.4 Å². The number of rotatable bonds is 8. The summed E-state index contributed by atoms with van der Waals surface area (Å²) in [6.07, 6.45) is 9.20. The van der Waals surface area contributed by atoms with Gasteiger partial charge in [-0.2, -0.15) is 0 Å². The molecule has 0 aliphatic heterocycles. The van der Waals surface area contributed by atoms with E-state index in [1.165, 1.54) is 25.7 Å². The summed E-state index contributed by atoms with van der Waals surface area (Å²) in [4.78, 5) is 0. The van der Waals surface area contributed by atoms with Crippen molar-refractivity contribution in [3.8, 4) is 0 Å². The average molecular weight is 212 g/mol. The molecule has 0 aromatic rings. The summed E-state index contributed by atoms with van der Waals surface area (Å²) in [6, 6.07) is 0. The van der Waals surface area contributed by atoms with E-state index in [4.69, 9.17) is 5.11 Å². The standard InChI is InChI=1S/C14H28O/c1-12(2)7-9-14(6-5-11-15)10-8-13(3)4/h5-6,12-15H,7-11H2,1-4H3/b6-5+. The highest BCUT2D eigenvalue weighted by atomic mass is 16.2. The number of allylic oxidation sites excluding steroid dienone is 1. The molecule has 0 heterocycles. The van der Waals surface area contributed by atoms with E-state index in [0.29, 0.717) is 5.92 Å². The quantitative estimate of drug-likeness (QED) is 0.602. The fraction of sp³-hybridized carbons (Fsp3) is 0.857. The molecular formula is C14H28O. The molecule has 90 valence electrons. The van der Waals surface area contributed by atoms with E-state index < -0.39 is 0 Å². The van der Waals surface area contributed by atoms with Crippen LogP contribution in [0.3, 0.4) is 0 Å². The molecule has 0 rings (SSSR count). The predicted molar refractivity (Wildman–Crippen MR) is 67.9 cm³/mol. The fourth-order valence-electron chi connectivity index (χ4n) is 1.68. The van der Waals surface area contributed by atoms with Crippen LogP contribution >= 0.6 is 0 Å². The Balaban J connectivity index is 3.89. The van der Waals surface area contributed by atoms with E-state index >= 15 is 0 Å². The summed E-state index contributed by atoms with van der Waals surface area (Å²) in [5.74, 6) is 2.24. The van der Waals surface area contributed by atoms with E-state index in [1.807, 2.05) is 6.08 Å². The van der Waals surface area contributed by atoms with Gasteiger partial charge in [-0.3, -0.25) is 0 Å². The van der Waals surface area contributed by atoms with Crippen molar-refractivity contribution in [3.63, 3.8) is 0 Å². The van der Waals surface area contributed by atoms with Crippen molar-refractivity contribution in [2.24, 2.45) is 17.8 Å². The van der Waals surface area contributed by atoms with Crippen LogP contribution in [-0.4, -0.2) is 11.7 Å². The molecule has 0 aliphatic carbocycles. The third-order valence-electron chi connectivity index (χ3n) is 2.74. The zero-order valence-corrected chi connectivity index (χ0v) is 10.9. The minimum Gasteiger partial charge on any atom is -0.392 e. The smallest absolute Gasteiger partial charge is 0.0612 e. The Bertz CT molecular complexity index is 147. The van der Waals surface area contributed by atoms with Crippen molar-refractivity contribution >= 4 is 0 Å². The van der Waals surface area contributed by atoms with Gasteiger partial charge in [0.2, 0.25) is 0 Å². The highest BCUT2D eigenvalue weighted by Crippen LogP contribution is 2.20. The van der Waals surface area contributed by atoms with E-state index in [1.54, 1.807) is 0 Å². The molecular weight excluding hydrogens is 184 g/mol. The van der Waals surface area contributed by atoms with Gasteiger partial charge in [0.05, 0.1) is 6.61 Å². The molecule has 0 fully saturated rings. The van der Waals surface area contributed by atoms with Gasteiger partial charge in [0, 0.05) is 0 Å². The Morgan fingerprint density at radius 1 is 0.867 bits per heavy atom. The summed E-state index contributed by atoms with van der Waals surface area (Å²) in [7, 11) is 0. The molecule has 0 spiro atoms. The number of aliphatic hydroxyl groups excluding tert-OH is 1. The lowest BCUT2D eigenvalue weighted by Gasteiger charge is -2.15. The summed E-state index contributed by atoms with van der Waals surface area (Å²) in [5.41, 5.74) is 0. The fourth-order valence-corrected chi connectivity index (χ4v) is 1.68. The lowest BCUT2D eigenvalue weighted by atomic mass is 9.91. The third-order valence-corrected chi connectivity index (χ3v) is 2.74. The van der Waals surface area contributed by atoms with Gasteiger partial charge in [0.1, 0.15) is 0 Å². The highest BCUT2D eigenvalue weighted by molar-refractivity contribution is 4.88. The second-order valence-electron chi connectivity index (χ2n) is 5.31. The Kier molecular flexibility index (Phi) is 8.79. The van der Waals surface area contributed by atoms with Crippen molar-refractivity contribution in [1.29, 1.82) is 0 Å². The average Bonchev–Trinajstić information content (AvgIpc) is 2.16. The van der Waals surface area contributed by atoms with Crippen molar-refractivity contribution in [1.82, 2.24) is 0 Å². The molecule has 1 heteroatoms. The Morgan fingerprint density at radius 2 is 1.33 bits per heavy atom. The molecule has 0 atom stereocenters. The van der Waals surface area contributed by atoms with Crippen molar-refractivity contribution in [3.05, 3.63) is 12.2 Å². The van der Waals surface area contributed by atoms with Crippen LogP contribution < -0.4 is 0 Å². The molecule has 0 radical (unpaired) electrons. The molecule has 0 amide bonds. The van der Waals surface area contributed by atoms with E-state index in [-0.39, 0.29) is 6.61 Å². The molecule has 0 aromatic carbocycles. The van der Waals surface area contributed by atoms with Crippen LogP contribution in [0.1, 0.15) is 53.4 Å². The number of hydrogen-bond acceptors (Lipinski definition) is 1. The van der Waals surface area contributed by atoms with Gasteiger partial charge in [0.15, 0.2) is 0 Å². The third kappa shape index (κ3) is 9.99. The van der Waals surface area contributed by atoms with Crippen LogP contribution in [0.4, 0.5) is 0 Å². The first-order valence-electron chi connectivity index (χ1n) is 6.33. The van der Waals surface area contributed by atoms with E-state index in [0.717, 1.165) is 11.8 Å². The Morgan fingerprint density at radius 3 is 1.67 bits per heavy atom. The van der Waals surface area contributed by atoms with Gasteiger partial charge < -0.3 is 5.11 Å². The molecule has 0 saturated heterocycles. The minimum atomic E-state index is 0.180. The lowest BCUT2D eigenvalue weighted by molar-refractivity contribution is 0.340. The van der Waals surface area contributed by atoms with E-state index in [9.17, 15) is 0 Å². The summed E-state index contributed by atoms with van der Waals surface area (Å²) >= 11 is 0. The molecule has 0 aliphatic rings. The normalized spacial score (nSPS) is 12.5. The lowest BCUT2D eigenvalue weighted by Crippen LogP contribution is -2.02. The van der Waals surface area contributed by atoms with Gasteiger partial charge in [-0.05, 0) is 30.6 Å². The Hall–Kier alpha value is -0.300. The monoisotopic (exact) mass is 212 g/mol. The van der Waals surface area contributed by atoms with Gasteiger partial charge >= 0.3 is 0 Å². The number of aliphatic hydroxyl groups is 1. The van der Waals surface area contributed by atoms with Gasteiger partial charge in [0.25, 0.3) is 0 Å². The van der Waals surface area contributed by atoms with Gasteiger partial charge in [-0.25, -0.2) is 0 Å². The topological polar surface area (TPSA) is 20.2 Å². The maximum absolute atomic E-state index is 8.78. The summed E-state index contributed by atoms with van der Waals surface area (Å²) in [5, 5.41) is 8.78. The van der Waals surface area contributed by atoms with Crippen LogP contribution in [0.25, 0.3) is 0 Å². The predicted octanol–water partition coefficient (Wildman–Crippen LogP) is 4.02. The van der Waals surface area contributed by atoms with Crippen molar-refractivity contribution < 1.29 is 5.11 Å². The van der Waals surface area contributed by atoms with Crippen molar-refractivity contribution in [2.75, 3.05) is 6.61 Å². The van der Waals surface area contributed by atoms with Gasteiger partial charge in [-0.15, -0.1) is 0 Å². The molecule has 0 unspecified atom stereocenters. The zero-order chi connectivity index (χ0) is 11.7. The number of hydrogen-bond donors (Lipinski definition) is 1. The molecule has 1 nitrogen and oxygen atoms in total. The summed E-state index contributed by atoms with van der Waals surface area (Å²) in [6.45, 7) is 9.27. The van der Waals surface area contributed by atoms with Crippen LogP contribution in [0.2, 0.25) is 0 Å². The SMILES string of the molecule is CC(C)CCC(/C=C/CO)CCC(C)C. The van der Waals surface area contributed by atoms with E-state index in [2.05, 4.69) is 33.8 Å². The maximum Gasteiger partial charge on any atom is 0.0612 e. The maximum atomic E-state index is 8.78. The first-order valence-corrected chi connectivity index (χ1v) is 6.33. The highest BCUT2D eigenvalue weighted by Gasteiger charge is 2.07. The second-order valence-corrected chi connectivity index (χ2v) is 5.31.